The van der Waals surface area contributed by atoms with E-state index in [-0.39, 0.29) is 19.3 Å². The van der Waals surface area contributed by atoms with Gasteiger partial charge in [-0.1, -0.05) is 11.8 Å². The van der Waals surface area contributed by atoms with Crippen LogP contribution in [-0.2, 0) is 10.1 Å². The standard InChI is InChI=1S/C8H5F3O3.C4H6O2.CH4O3S/c1-14-7-5(10)3(8(12)13)2-4(9)6(7)11;5-3-1-2-4-6;1-5(2,3)4/h2H,1H3,(H,12,13);5-6H,3-4H2;1H3,(H,2,3,4). The molecule has 0 aromatic heterocycles. The fraction of sp³-hybridized carbons (Fsp3) is 0.308. The van der Waals surface area contributed by atoms with Crippen molar-refractivity contribution in [1.29, 1.82) is 0 Å². The van der Waals surface area contributed by atoms with Crippen molar-refractivity contribution in [3.63, 3.8) is 0 Å². The Hall–Kier alpha value is -2.33. The first-order valence-corrected chi connectivity index (χ1v) is 7.80. The van der Waals surface area contributed by atoms with Gasteiger partial charge in [0.05, 0.1) is 13.4 Å². The third-order valence-electron chi connectivity index (χ3n) is 1.83. The quantitative estimate of drug-likeness (QED) is 0.322. The minimum absolute atomic E-state index is 0.166. The second-order valence-electron chi connectivity index (χ2n) is 3.78. The van der Waals surface area contributed by atoms with Gasteiger partial charge in [0.25, 0.3) is 10.1 Å². The fourth-order valence-electron chi connectivity index (χ4n) is 1.03. The van der Waals surface area contributed by atoms with Crippen LogP contribution < -0.4 is 4.74 Å². The molecule has 0 atom stereocenters. The van der Waals surface area contributed by atoms with E-state index in [9.17, 15) is 26.4 Å². The second-order valence-corrected chi connectivity index (χ2v) is 5.24. The molecule has 1 aromatic carbocycles. The summed E-state index contributed by atoms with van der Waals surface area (Å²) in [5, 5.41) is 24.2. The first kappa shape index (κ1) is 24.9. The number of aliphatic hydroxyl groups is 2. The zero-order valence-corrected chi connectivity index (χ0v) is 13.8. The van der Waals surface area contributed by atoms with Crippen LogP contribution in [0.2, 0.25) is 0 Å². The highest BCUT2D eigenvalue weighted by Crippen LogP contribution is 2.26. The lowest BCUT2D eigenvalue weighted by molar-refractivity contribution is 0.0690. The molecule has 0 amide bonds. The molecule has 0 fully saturated rings. The Morgan fingerprint density at radius 1 is 1.16 bits per heavy atom. The molecule has 0 bridgehead atoms. The number of aliphatic hydroxyl groups excluding tert-OH is 2. The summed E-state index contributed by atoms with van der Waals surface area (Å²) in [6, 6.07) is 0.259. The number of halogens is 3. The van der Waals surface area contributed by atoms with Crippen LogP contribution in [-0.4, -0.2) is 60.8 Å². The minimum Gasteiger partial charge on any atom is -0.491 e. The molecule has 0 unspecified atom stereocenters. The zero-order valence-electron chi connectivity index (χ0n) is 13.0. The van der Waals surface area contributed by atoms with Crippen LogP contribution in [0.1, 0.15) is 10.4 Å². The topological polar surface area (TPSA) is 141 Å². The number of methoxy groups -OCH3 is 1. The Morgan fingerprint density at radius 2 is 1.56 bits per heavy atom. The number of hydrogen-bond acceptors (Lipinski definition) is 6. The van der Waals surface area contributed by atoms with E-state index in [2.05, 4.69) is 16.6 Å². The monoisotopic (exact) mass is 388 g/mol. The SMILES string of the molecule is COc1c(F)c(F)cc(C(=O)O)c1F.CS(=O)(=O)O.OCC#CCO. The molecule has 0 aliphatic rings. The number of ether oxygens (including phenoxy) is 1. The summed E-state index contributed by atoms with van der Waals surface area (Å²) in [4.78, 5) is 10.4. The lowest BCUT2D eigenvalue weighted by Crippen LogP contribution is -2.06. The molecule has 8 nitrogen and oxygen atoms in total. The van der Waals surface area contributed by atoms with Gasteiger partial charge in [-0.2, -0.15) is 12.8 Å². The maximum Gasteiger partial charge on any atom is 0.338 e. The van der Waals surface area contributed by atoms with Gasteiger partial charge in [-0.05, 0) is 6.07 Å². The Labute approximate surface area is 141 Å². The van der Waals surface area contributed by atoms with E-state index in [1.54, 1.807) is 0 Å². The van der Waals surface area contributed by atoms with E-state index in [1.165, 1.54) is 0 Å². The van der Waals surface area contributed by atoms with Gasteiger partial charge in [-0.25, -0.2) is 13.6 Å². The third-order valence-corrected chi connectivity index (χ3v) is 1.83. The van der Waals surface area contributed by atoms with Crippen LogP contribution in [0.15, 0.2) is 6.07 Å². The summed E-state index contributed by atoms with van der Waals surface area (Å²) in [5.41, 5.74) is -0.972. The molecule has 0 heterocycles. The minimum atomic E-state index is -3.67. The first-order valence-electron chi connectivity index (χ1n) is 5.95. The van der Waals surface area contributed by atoms with Gasteiger partial charge >= 0.3 is 5.97 Å². The zero-order chi connectivity index (χ0) is 20.2. The van der Waals surface area contributed by atoms with Crippen LogP contribution in [0.4, 0.5) is 13.2 Å². The van der Waals surface area contributed by atoms with Gasteiger partial charge in [0, 0.05) is 0 Å². The van der Waals surface area contributed by atoms with Gasteiger partial charge in [0.1, 0.15) is 18.8 Å². The maximum atomic E-state index is 13.1. The summed E-state index contributed by atoms with van der Waals surface area (Å²) >= 11 is 0. The average Bonchev–Trinajstić information content (AvgIpc) is 2.48. The largest absolute Gasteiger partial charge is 0.491 e. The summed E-state index contributed by atoms with van der Waals surface area (Å²) < 4.78 is 68.6. The molecule has 142 valence electrons. The second kappa shape index (κ2) is 12.1. The van der Waals surface area contributed by atoms with E-state index < -0.39 is 44.9 Å². The van der Waals surface area contributed by atoms with E-state index in [0.29, 0.717) is 6.26 Å². The highest BCUT2D eigenvalue weighted by molar-refractivity contribution is 7.85. The maximum absolute atomic E-state index is 13.1. The molecular weight excluding hydrogens is 373 g/mol. The summed E-state index contributed by atoms with van der Waals surface area (Å²) in [6.45, 7) is -0.332. The molecular formula is C13H15F3O8S. The van der Waals surface area contributed by atoms with Crippen LogP contribution in [0.25, 0.3) is 0 Å². The van der Waals surface area contributed by atoms with Crippen molar-refractivity contribution in [2.45, 2.75) is 0 Å². The molecule has 1 rings (SSSR count). The number of benzene rings is 1. The van der Waals surface area contributed by atoms with E-state index in [0.717, 1.165) is 7.11 Å². The predicted molar refractivity (Wildman–Crippen MR) is 79.2 cm³/mol. The van der Waals surface area contributed by atoms with E-state index in [1.807, 2.05) is 0 Å². The smallest absolute Gasteiger partial charge is 0.338 e. The summed E-state index contributed by atoms with van der Waals surface area (Å²) in [6.07, 6.45) is 0.715. The Balaban J connectivity index is 0. The van der Waals surface area contributed by atoms with Gasteiger partial charge in [0.15, 0.2) is 17.4 Å². The highest BCUT2D eigenvalue weighted by atomic mass is 32.2. The van der Waals surface area contributed by atoms with Crippen molar-refractivity contribution in [3.05, 3.63) is 29.1 Å². The lowest BCUT2D eigenvalue weighted by Gasteiger charge is -2.06. The molecule has 0 aliphatic heterocycles. The molecule has 25 heavy (non-hydrogen) atoms. The van der Waals surface area contributed by atoms with Crippen molar-refractivity contribution >= 4 is 16.1 Å². The van der Waals surface area contributed by atoms with Crippen LogP contribution in [0, 0.1) is 29.3 Å². The van der Waals surface area contributed by atoms with E-state index >= 15 is 0 Å². The Bertz CT molecular complexity index is 722. The van der Waals surface area contributed by atoms with Crippen molar-refractivity contribution in [1.82, 2.24) is 0 Å². The van der Waals surface area contributed by atoms with Crippen molar-refractivity contribution < 1.29 is 51.0 Å². The third kappa shape index (κ3) is 11.8. The molecule has 0 aliphatic carbocycles. The van der Waals surface area contributed by atoms with Gasteiger partial charge in [0.2, 0.25) is 5.82 Å². The number of hydrogen-bond donors (Lipinski definition) is 4. The number of aromatic carboxylic acids is 1. The Kier molecular flexibility index (Phi) is 12.1. The molecule has 0 saturated carbocycles. The molecule has 0 saturated heterocycles. The van der Waals surface area contributed by atoms with Crippen molar-refractivity contribution in [2.24, 2.45) is 0 Å². The van der Waals surface area contributed by atoms with Gasteiger partial charge in [-0.3, -0.25) is 4.55 Å². The Morgan fingerprint density at radius 3 is 1.84 bits per heavy atom. The van der Waals surface area contributed by atoms with Crippen LogP contribution in [0.3, 0.4) is 0 Å². The molecule has 4 N–H and O–H groups in total. The summed E-state index contributed by atoms with van der Waals surface area (Å²) in [5.74, 6) is -2.68. The molecule has 12 heteroatoms. The van der Waals surface area contributed by atoms with Gasteiger partial charge < -0.3 is 20.1 Å². The molecule has 0 spiro atoms. The van der Waals surface area contributed by atoms with E-state index in [4.69, 9.17) is 19.9 Å². The number of carbonyl (C=O) groups is 1. The highest BCUT2D eigenvalue weighted by Gasteiger charge is 2.22. The van der Waals surface area contributed by atoms with Crippen LogP contribution >= 0.6 is 0 Å². The molecule has 0 radical (unpaired) electrons. The fourth-order valence-corrected chi connectivity index (χ4v) is 1.03. The number of rotatable bonds is 2. The van der Waals surface area contributed by atoms with Crippen molar-refractivity contribution in [2.75, 3.05) is 26.6 Å². The number of carboxylic acid groups (broad SMARTS) is 1. The lowest BCUT2D eigenvalue weighted by atomic mass is 10.2. The number of carboxylic acids is 1. The summed E-state index contributed by atoms with van der Waals surface area (Å²) in [7, 11) is -2.76. The van der Waals surface area contributed by atoms with Crippen molar-refractivity contribution in [3.8, 4) is 17.6 Å². The average molecular weight is 388 g/mol. The first-order chi connectivity index (χ1) is 11.4. The van der Waals surface area contributed by atoms with Crippen LogP contribution in [0.5, 0.6) is 5.75 Å². The predicted octanol–water partition coefficient (Wildman–Crippen LogP) is 0.289. The molecule has 1 aromatic rings. The normalized spacial score (nSPS) is 9.44. The van der Waals surface area contributed by atoms with Gasteiger partial charge in [-0.15, -0.1) is 0 Å².